The Hall–Kier alpha value is -6.64. The maximum atomic E-state index is 2.54. The lowest BCUT2D eigenvalue weighted by Gasteiger charge is -2.31. The van der Waals surface area contributed by atoms with E-state index in [2.05, 4.69) is 219 Å². The Morgan fingerprint density at radius 1 is 0.375 bits per heavy atom. The molecule has 2 nitrogen and oxygen atoms in total. The van der Waals surface area contributed by atoms with Crippen LogP contribution in [0.15, 0.2) is 182 Å². The maximum absolute atomic E-state index is 2.54. The first-order valence-electron chi connectivity index (χ1n) is 19.8. The second-order valence-corrected chi connectivity index (χ2v) is 16.5. The lowest BCUT2D eigenvalue weighted by atomic mass is 9.82. The molecule has 0 saturated carbocycles. The Bertz CT molecular complexity index is 2990. The van der Waals surface area contributed by atoms with Crippen molar-refractivity contribution in [2.45, 2.75) is 38.5 Å². The van der Waals surface area contributed by atoms with Gasteiger partial charge in [-0.2, -0.15) is 0 Å². The lowest BCUT2D eigenvalue weighted by Crippen LogP contribution is -2.17. The van der Waals surface area contributed by atoms with Gasteiger partial charge in [-0.1, -0.05) is 167 Å². The third kappa shape index (κ3) is 4.50. The average molecular weight is 719 g/mol. The van der Waals surface area contributed by atoms with E-state index in [-0.39, 0.29) is 10.8 Å². The fraction of sp³-hybridized carbons (Fsp3) is 0.111. The first-order valence-corrected chi connectivity index (χ1v) is 19.8. The molecule has 0 unspecified atom stereocenters. The number of benzene rings is 8. The van der Waals surface area contributed by atoms with Crippen molar-refractivity contribution in [1.82, 2.24) is 4.57 Å². The predicted molar refractivity (Wildman–Crippen MR) is 236 cm³/mol. The molecule has 0 bridgehead atoms. The minimum absolute atomic E-state index is 0.0780. The molecule has 0 N–H and O–H groups in total. The van der Waals surface area contributed by atoms with Crippen LogP contribution < -0.4 is 4.90 Å². The zero-order valence-electron chi connectivity index (χ0n) is 32.2. The molecule has 0 aliphatic heterocycles. The quantitative estimate of drug-likeness (QED) is 0.172. The number of rotatable bonds is 5. The van der Waals surface area contributed by atoms with Crippen LogP contribution in [-0.4, -0.2) is 4.57 Å². The van der Waals surface area contributed by atoms with Gasteiger partial charge in [0.2, 0.25) is 0 Å². The molecular formula is C54H42N2. The van der Waals surface area contributed by atoms with E-state index in [1.54, 1.807) is 0 Å². The molecule has 1 aromatic heterocycles. The fourth-order valence-corrected chi connectivity index (χ4v) is 10.2. The molecular weight excluding hydrogens is 677 g/mol. The second-order valence-electron chi connectivity index (χ2n) is 16.5. The van der Waals surface area contributed by atoms with Gasteiger partial charge in [-0.3, -0.25) is 0 Å². The van der Waals surface area contributed by atoms with Crippen LogP contribution in [-0.2, 0) is 10.8 Å². The normalized spacial score (nSPS) is 14.4. The smallest absolute Gasteiger partial charge is 0.0543 e. The van der Waals surface area contributed by atoms with Crippen molar-refractivity contribution in [1.29, 1.82) is 0 Å². The van der Waals surface area contributed by atoms with Crippen molar-refractivity contribution in [2.75, 3.05) is 4.90 Å². The van der Waals surface area contributed by atoms with Crippen LogP contribution in [0.2, 0.25) is 0 Å². The van der Waals surface area contributed by atoms with E-state index in [1.807, 2.05) is 0 Å². The van der Waals surface area contributed by atoms with E-state index in [0.29, 0.717) is 0 Å². The number of hydrogen-bond donors (Lipinski definition) is 0. The highest BCUT2D eigenvalue weighted by atomic mass is 15.1. The summed E-state index contributed by atoms with van der Waals surface area (Å²) >= 11 is 0. The van der Waals surface area contributed by atoms with E-state index in [0.717, 1.165) is 17.1 Å². The zero-order chi connectivity index (χ0) is 37.8. The Morgan fingerprint density at radius 3 is 1.61 bits per heavy atom. The summed E-state index contributed by atoms with van der Waals surface area (Å²) in [6, 6.07) is 67.6. The molecule has 0 saturated heterocycles. The van der Waals surface area contributed by atoms with Gasteiger partial charge in [-0.15, -0.1) is 0 Å². The number of fused-ring (bicyclic) bond motifs is 9. The van der Waals surface area contributed by atoms with Crippen molar-refractivity contribution in [3.63, 3.8) is 0 Å². The molecule has 2 heteroatoms. The number of para-hydroxylation sites is 4. The van der Waals surface area contributed by atoms with Crippen molar-refractivity contribution < 1.29 is 0 Å². The monoisotopic (exact) mass is 718 g/mol. The van der Waals surface area contributed by atoms with Crippen LogP contribution in [0.1, 0.15) is 49.9 Å². The third-order valence-electron chi connectivity index (χ3n) is 12.8. The minimum atomic E-state index is -0.128. The molecule has 2 aliphatic rings. The van der Waals surface area contributed by atoms with Gasteiger partial charge in [0.1, 0.15) is 0 Å². The number of hydrogen-bond acceptors (Lipinski definition) is 1. The molecule has 56 heavy (non-hydrogen) atoms. The molecule has 8 aromatic carbocycles. The van der Waals surface area contributed by atoms with Gasteiger partial charge >= 0.3 is 0 Å². The Labute approximate surface area is 328 Å². The van der Waals surface area contributed by atoms with Crippen LogP contribution in [0.3, 0.4) is 0 Å². The van der Waals surface area contributed by atoms with Gasteiger partial charge in [0.25, 0.3) is 0 Å². The zero-order valence-corrected chi connectivity index (χ0v) is 32.2. The molecule has 11 rings (SSSR count). The minimum Gasteiger partial charge on any atom is -0.309 e. The van der Waals surface area contributed by atoms with Crippen LogP contribution >= 0.6 is 0 Å². The highest BCUT2D eigenvalue weighted by Gasteiger charge is 2.39. The van der Waals surface area contributed by atoms with Gasteiger partial charge < -0.3 is 9.47 Å². The van der Waals surface area contributed by atoms with Crippen molar-refractivity contribution in [3.8, 4) is 39.1 Å². The van der Waals surface area contributed by atoms with E-state index in [1.165, 1.54) is 83.1 Å². The summed E-state index contributed by atoms with van der Waals surface area (Å²) in [7, 11) is 0. The summed E-state index contributed by atoms with van der Waals surface area (Å²) in [6.45, 7) is 9.46. The van der Waals surface area contributed by atoms with E-state index < -0.39 is 0 Å². The molecule has 0 spiro atoms. The Morgan fingerprint density at radius 2 is 0.875 bits per heavy atom. The van der Waals surface area contributed by atoms with E-state index in [9.17, 15) is 0 Å². The van der Waals surface area contributed by atoms with Crippen LogP contribution in [0.5, 0.6) is 0 Å². The van der Waals surface area contributed by atoms with Crippen LogP contribution in [0.25, 0.3) is 60.9 Å². The topological polar surface area (TPSA) is 8.17 Å². The molecule has 268 valence electrons. The molecule has 0 radical (unpaired) electrons. The average Bonchev–Trinajstić information content (AvgIpc) is 3.78. The van der Waals surface area contributed by atoms with Gasteiger partial charge in [0.05, 0.1) is 28.1 Å². The molecule has 1 heterocycles. The second kappa shape index (κ2) is 11.9. The molecule has 2 aliphatic carbocycles. The first kappa shape index (κ1) is 32.8. The summed E-state index contributed by atoms with van der Waals surface area (Å²) < 4.78 is 2.45. The summed E-state index contributed by atoms with van der Waals surface area (Å²) in [5.74, 6) is 0. The van der Waals surface area contributed by atoms with Gasteiger partial charge in [-0.05, 0) is 81.4 Å². The van der Waals surface area contributed by atoms with Crippen molar-refractivity contribution >= 4 is 38.9 Å². The highest BCUT2D eigenvalue weighted by molar-refractivity contribution is 6.10. The predicted octanol–water partition coefficient (Wildman–Crippen LogP) is 14.5. The number of aromatic nitrogens is 1. The lowest BCUT2D eigenvalue weighted by molar-refractivity contribution is 0.660. The molecule has 0 fully saturated rings. The maximum Gasteiger partial charge on any atom is 0.0543 e. The van der Waals surface area contributed by atoms with E-state index >= 15 is 0 Å². The SMILES string of the molecule is CC1(C)c2ccccc2-c2cc(N(c3ccccc3-c3ccccc3-n3c4ccccc4c4ccccc43)c3cccc4c3-c3ccccc3C4(C)C)ccc21. The van der Waals surface area contributed by atoms with Gasteiger partial charge in [0, 0.05) is 44.0 Å². The van der Waals surface area contributed by atoms with Crippen LogP contribution in [0, 0.1) is 0 Å². The molecule has 9 aromatic rings. The number of nitrogens with zero attached hydrogens (tertiary/aromatic N) is 2. The summed E-state index contributed by atoms with van der Waals surface area (Å²) in [4.78, 5) is 2.54. The third-order valence-corrected chi connectivity index (χ3v) is 12.8. The van der Waals surface area contributed by atoms with E-state index in [4.69, 9.17) is 0 Å². The summed E-state index contributed by atoms with van der Waals surface area (Å²) in [6.07, 6.45) is 0. The summed E-state index contributed by atoms with van der Waals surface area (Å²) in [5, 5.41) is 2.52. The standard InChI is InChI=1S/C54H42N2/c1-53(2)43-24-11-5-18-36(43)42-34-35(32-33-45(42)53)55(51-31-17-26-46-52(51)41-23-6-12-25-44(41)54(46,3)4)47-27-13-7-19-37(47)38-20-8-14-28-48(38)56-49-29-15-9-21-39(49)40-22-10-16-30-50(40)56/h5-34H,1-4H3. The highest BCUT2D eigenvalue weighted by Crippen LogP contribution is 2.56. The van der Waals surface area contributed by atoms with Crippen molar-refractivity contribution in [3.05, 3.63) is 204 Å². The Balaban J connectivity index is 1.21. The molecule has 0 amide bonds. The number of anilines is 3. The fourth-order valence-electron chi connectivity index (χ4n) is 10.2. The summed E-state index contributed by atoms with van der Waals surface area (Å²) in [5.41, 5.74) is 19.9. The Kier molecular flexibility index (Phi) is 6.98. The molecule has 0 atom stereocenters. The van der Waals surface area contributed by atoms with Crippen LogP contribution in [0.4, 0.5) is 17.1 Å². The first-order chi connectivity index (χ1) is 27.3. The van der Waals surface area contributed by atoms with Gasteiger partial charge in [-0.25, -0.2) is 0 Å². The van der Waals surface area contributed by atoms with Gasteiger partial charge in [0.15, 0.2) is 0 Å². The largest absolute Gasteiger partial charge is 0.309 e. The van der Waals surface area contributed by atoms with Crippen molar-refractivity contribution in [2.24, 2.45) is 0 Å².